The highest BCUT2D eigenvalue weighted by Crippen LogP contribution is 2.13. The number of aromatic nitrogens is 2. The van der Waals surface area contributed by atoms with Crippen LogP contribution in [0.15, 0.2) is 18.2 Å². The van der Waals surface area contributed by atoms with Crippen molar-refractivity contribution in [2.75, 3.05) is 13.6 Å². The Labute approximate surface area is 99.1 Å². The number of imidazole rings is 1. The summed E-state index contributed by atoms with van der Waals surface area (Å²) in [6.07, 6.45) is 0. The van der Waals surface area contributed by atoms with Gasteiger partial charge in [0, 0.05) is 0 Å². The van der Waals surface area contributed by atoms with Gasteiger partial charge in [-0.3, -0.25) is 9.69 Å². The Morgan fingerprint density at radius 2 is 2.29 bits per heavy atom. The van der Waals surface area contributed by atoms with Crippen LogP contribution >= 0.6 is 0 Å². The van der Waals surface area contributed by atoms with Crippen molar-refractivity contribution in [1.82, 2.24) is 14.9 Å². The van der Waals surface area contributed by atoms with Crippen molar-refractivity contribution < 1.29 is 9.90 Å². The topological polar surface area (TPSA) is 69.2 Å². The second kappa shape index (κ2) is 4.55. The molecule has 0 bridgehead atoms. The second-order valence-electron chi connectivity index (χ2n) is 4.27. The molecule has 0 atom stereocenters. The largest absolute Gasteiger partial charge is 0.480 e. The van der Waals surface area contributed by atoms with Gasteiger partial charge in [-0.2, -0.15) is 0 Å². The molecule has 0 aliphatic carbocycles. The predicted molar refractivity (Wildman–Crippen MR) is 64.8 cm³/mol. The Kier molecular flexibility index (Phi) is 3.10. The van der Waals surface area contributed by atoms with Crippen molar-refractivity contribution in [3.63, 3.8) is 0 Å². The SMILES string of the molecule is Cc1ccc2nc(CN(C)CC(=O)O)[nH]c2c1. The van der Waals surface area contributed by atoms with Crippen LogP contribution in [0.5, 0.6) is 0 Å². The molecule has 17 heavy (non-hydrogen) atoms. The molecule has 2 N–H and O–H groups in total. The number of carboxylic acids is 1. The zero-order chi connectivity index (χ0) is 12.4. The van der Waals surface area contributed by atoms with E-state index in [1.807, 2.05) is 25.1 Å². The summed E-state index contributed by atoms with van der Waals surface area (Å²) in [5, 5.41) is 8.67. The third-order valence-electron chi connectivity index (χ3n) is 2.51. The average molecular weight is 233 g/mol. The highest BCUT2D eigenvalue weighted by Gasteiger charge is 2.08. The second-order valence-corrected chi connectivity index (χ2v) is 4.27. The summed E-state index contributed by atoms with van der Waals surface area (Å²) in [6.45, 7) is 2.53. The van der Waals surface area contributed by atoms with Crippen molar-refractivity contribution in [2.24, 2.45) is 0 Å². The molecule has 0 saturated heterocycles. The van der Waals surface area contributed by atoms with Crippen molar-refractivity contribution >= 4 is 17.0 Å². The number of nitrogens with zero attached hydrogens (tertiary/aromatic N) is 2. The van der Waals surface area contributed by atoms with Crippen LogP contribution < -0.4 is 0 Å². The highest BCUT2D eigenvalue weighted by atomic mass is 16.4. The van der Waals surface area contributed by atoms with Gasteiger partial charge in [0.15, 0.2) is 0 Å². The summed E-state index contributed by atoms with van der Waals surface area (Å²) in [7, 11) is 1.76. The van der Waals surface area contributed by atoms with E-state index in [4.69, 9.17) is 5.11 Å². The van der Waals surface area contributed by atoms with Crippen LogP contribution in [-0.4, -0.2) is 39.5 Å². The molecule has 2 aromatic rings. The van der Waals surface area contributed by atoms with Gasteiger partial charge in [-0.25, -0.2) is 4.98 Å². The minimum absolute atomic E-state index is 0.00999. The quantitative estimate of drug-likeness (QED) is 0.837. The lowest BCUT2D eigenvalue weighted by Gasteiger charge is -2.11. The van der Waals surface area contributed by atoms with E-state index in [0.29, 0.717) is 6.54 Å². The number of hydrogen-bond acceptors (Lipinski definition) is 3. The van der Waals surface area contributed by atoms with Gasteiger partial charge in [-0.15, -0.1) is 0 Å². The predicted octanol–water partition coefficient (Wildman–Crippen LogP) is 1.39. The molecule has 5 heteroatoms. The molecule has 1 aromatic heterocycles. The maximum atomic E-state index is 10.5. The van der Waals surface area contributed by atoms with Gasteiger partial charge >= 0.3 is 5.97 Å². The number of aliphatic carboxylic acids is 1. The number of nitrogens with one attached hydrogen (secondary N) is 1. The first-order valence-corrected chi connectivity index (χ1v) is 5.40. The summed E-state index contributed by atoms with van der Waals surface area (Å²) in [6, 6.07) is 6.00. The monoisotopic (exact) mass is 233 g/mol. The molecule has 0 amide bonds. The molecule has 1 aromatic carbocycles. The number of rotatable bonds is 4. The molecule has 5 nitrogen and oxygen atoms in total. The Balaban J connectivity index is 2.16. The lowest BCUT2D eigenvalue weighted by Crippen LogP contribution is -2.25. The van der Waals surface area contributed by atoms with E-state index in [1.54, 1.807) is 11.9 Å². The molecular formula is C12H15N3O2. The number of carboxylic acid groups (broad SMARTS) is 1. The zero-order valence-electron chi connectivity index (χ0n) is 9.90. The van der Waals surface area contributed by atoms with E-state index in [2.05, 4.69) is 9.97 Å². The van der Waals surface area contributed by atoms with Gasteiger partial charge in [0.2, 0.25) is 0 Å². The molecule has 0 aliphatic rings. The molecule has 0 saturated carbocycles. The number of carbonyl (C=O) groups is 1. The number of hydrogen-bond donors (Lipinski definition) is 2. The smallest absolute Gasteiger partial charge is 0.317 e. The molecule has 0 spiro atoms. The summed E-state index contributed by atoms with van der Waals surface area (Å²) in [5.41, 5.74) is 3.07. The Morgan fingerprint density at radius 1 is 1.53 bits per heavy atom. The molecular weight excluding hydrogens is 218 g/mol. The van der Waals surface area contributed by atoms with Crippen LogP contribution in [0, 0.1) is 6.92 Å². The van der Waals surface area contributed by atoms with E-state index >= 15 is 0 Å². The highest BCUT2D eigenvalue weighted by molar-refractivity contribution is 5.75. The van der Waals surface area contributed by atoms with Gasteiger partial charge < -0.3 is 10.1 Å². The number of H-pyrrole nitrogens is 1. The fourth-order valence-corrected chi connectivity index (χ4v) is 1.79. The Bertz CT molecular complexity index is 548. The Hall–Kier alpha value is -1.88. The lowest BCUT2D eigenvalue weighted by molar-refractivity contribution is -0.138. The lowest BCUT2D eigenvalue weighted by atomic mass is 10.2. The third-order valence-corrected chi connectivity index (χ3v) is 2.51. The van der Waals surface area contributed by atoms with Gasteiger partial charge in [-0.1, -0.05) is 6.07 Å². The van der Waals surface area contributed by atoms with Gasteiger partial charge in [0.05, 0.1) is 24.1 Å². The van der Waals surface area contributed by atoms with Crippen LogP contribution in [0.2, 0.25) is 0 Å². The standard InChI is InChI=1S/C12H15N3O2/c1-8-3-4-9-10(5-8)14-11(13-9)6-15(2)7-12(16)17/h3-5H,6-7H2,1-2H3,(H,13,14)(H,16,17). The van der Waals surface area contributed by atoms with Gasteiger partial charge in [-0.05, 0) is 31.7 Å². The van der Waals surface area contributed by atoms with E-state index in [1.165, 1.54) is 5.56 Å². The van der Waals surface area contributed by atoms with Crippen LogP contribution in [0.4, 0.5) is 0 Å². The summed E-state index contributed by atoms with van der Waals surface area (Å²) in [5.74, 6) is -0.0474. The first-order valence-electron chi connectivity index (χ1n) is 5.40. The molecule has 2 rings (SSSR count). The first kappa shape index (κ1) is 11.6. The molecule has 0 aliphatic heterocycles. The summed E-state index contributed by atoms with van der Waals surface area (Å²) < 4.78 is 0. The molecule has 0 unspecified atom stereocenters. The fraction of sp³-hybridized carbons (Fsp3) is 0.333. The van der Waals surface area contributed by atoms with Gasteiger partial charge in [0.1, 0.15) is 5.82 Å². The molecule has 90 valence electrons. The first-order chi connectivity index (χ1) is 8.04. The number of benzene rings is 1. The fourth-order valence-electron chi connectivity index (χ4n) is 1.79. The number of likely N-dealkylation sites (N-methyl/N-ethyl adjacent to an activating group) is 1. The number of fused-ring (bicyclic) bond motifs is 1. The normalized spacial score (nSPS) is 11.2. The van der Waals surface area contributed by atoms with Crippen LogP contribution in [-0.2, 0) is 11.3 Å². The summed E-state index contributed by atoms with van der Waals surface area (Å²) >= 11 is 0. The number of aromatic amines is 1. The average Bonchev–Trinajstić information content (AvgIpc) is 2.57. The number of aryl methyl sites for hydroxylation is 1. The maximum absolute atomic E-state index is 10.5. The zero-order valence-corrected chi connectivity index (χ0v) is 9.90. The third kappa shape index (κ3) is 2.82. The summed E-state index contributed by atoms with van der Waals surface area (Å²) in [4.78, 5) is 19.9. The molecule has 0 fully saturated rings. The molecule has 0 radical (unpaired) electrons. The van der Waals surface area contributed by atoms with Crippen molar-refractivity contribution in [3.05, 3.63) is 29.6 Å². The van der Waals surface area contributed by atoms with Crippen LogP contribution in [0.3, 0.4) is 0 Å². The van der Waals surface area contributed by atoms with Crippen LogP contribution in [0.1, 0.15) is 11.4 Å². The molecule has 1 heterocycles. The van der Waals surface area contributed by atoms with Gasteiger partial charge in [0.25, 0.3) is 0 Å². The van der Waals surface area contributed by atoms with Crippen molar-refractivity contribution in [2.45, 2.75) is 13.5 Å². The minimum Gasteiger partial charge on any atom is -0.480 e. The maximum Gasteiger partial charge on any atom is 0.317 e. The Morgan fingerprint density at radius 3 is 3.00 bits per heavy atom. The van der Waals surface area contributed by atoms with E-state index < -0.39 is 5.97 Å². The van der Waals surface area contributed by atoms with E-state index in [-0.39, 0.29) is 6.54 Å². The minimum atomic E-state index is -0.834. The van der Waals surface area contributed by atoms with E-state index in [0.717, 1.165) is 16.9 Å². The van der Waals surface area contributed by atoms with Crippen molar-refractivity contribution in [3.8, 4) is 0 Å². The van der Waals surface area contributed by atoms with Crippen molar-refractivity contribution in [1.29, 1.82) is 0 Å². The van der Waals surface area contributed by atoms with Crippen LogP contribution in [0.25, 0.3) is 11.0 Å². The van der Waals surface area contributed by atoms with E-state index in [9.17, 15) is 4.79 Å².